The minimum Gasteiger partial charge on any atom is -0.356 e. The Kier molecular flexibility index (Phi) is 8.50. The summed E-state index contributed by atoms with van der Waals surface area (Å²) in [6, 6.07) is 16.7. The predicted octanol–water partition coefficient (Wildman–Crippen LogP) is 3.35. The van der Waals surface area contributed by atoms with Gasteiger partial charge in [0.25, 0.3) is 0 Å². The van der Waals surface area contributed by atoms with E-state index in [4.69, 9.17) is 0 Å². The monoisotopic (exact) mass is 413 g/mol. The van der Waals surface area contributed by atoms with Crippen LogP contribution in [0.5, 0.6) is 0 Å². The fourth-order valence-corrected chi connectivity index (χ4v) is 1.98. The van der Waals surface area contributed by atoms with Crippen LogP contribution in [0.25, 0.3) is 0 Å². The molecule has 2 aromatic rings. The van der Waals surface area contributed by atoms with Crippen LogP contribution >= 0.6 is 24.0 Å². The third-order valence-corrected chi connectivity index (χ3v) is 3.15. The van der Waals surface area contributed by atoms with Gasteiger partial charge in [-0.2, -0.15) is 0 Å². The van der Waals surface area contributed by atoms with Gasteiger partial charge in [0.05, 0.1) is 0 Å². The molecule has 22 heavy (non-hydrogen) atoms. The van der Waals surface area contributed by atoms with E-state index in [9.17, 15) is 4.39 Å². The van der Waals surface area contributed by atoms with Crippen molar-refractivity contribution in [1.29, 1.82) is 0 Å². The van der Waals surface area contributed by atoms with E-state index < -0.39 is 0 Å². The molecular weight excluding hydrogens is 392 g/mol. The first-order valence-electron chi connectivity index (χ1n) is 7.01. The summed E-state index contributed by atoms with van der Waals surface area (Å²) in [6.45, 7) is 1.48. The van der Waals surface area contributed by atoms with Crippen molar-refractivity contribution in [1.82, 2.24) is 10.6 Å². The van der Waals surface area contributed by atoms with Gasteiger partial charge in [-0.1, -0.05) is 42.5 Å². The number of benzene rings is 2. The Morgan fingerprint density at radius 3 is 2.27 bits per heavy atom. The van der Waals surface area contributed by atoms with E-state index in [-0.39, 0.29) is 29.8 Å². The molecule has 0 bridgehead atoms. The normalized spacial score (nSPS) is 10.7. The van der Waals surface area contributed by atoms with Gasteiger partial charge in [0.2, 0.25) is 0 Å². The lowest BCUT2D eigenvalue weighted by atomic mass is 10.1. The maximum Gasteiger partial charge on any atom is 0.191 e. The highest BCUT2D eigenvalue weighted by Gasteiger charge is 1.99. The SMILES string of the molecule is CN=C(NCCc1ccc(F)cc1)NCc1ccccc1.I. The van der Waals surface area contributed by atoms with Gasteiger partial charge < -0.3 is 10.6 Å². The lowest BCUT2D eigenvalue weighted by Gasteiger charge is -2.12. The zero-order valence-corrected chi connectivity index (χ0v) is 14.9. The van der Waals surface area contributed by atoms with Crippen LogP contribution in [0.3, 0.4) is 0 Å². The Morgan fingerprint density at radius 1 is 0.955 bits per heavy atom. The average Bonchev–Trinajstić information content (AvgIpc) is 2.53. The van der Waals surface area contributed by atoms with Crippen LogP contribution in [0.2, 0.25) is 0 Å². The molecule has 0 amide bonds. The second-order valence-corrected chi connectivity index (χ2v) is 4.71. The predicted molar refractivity (Wildman–Crippen MR) is 100 cm³/mol. The van der Waals surface area contributed by atoms with Crippen LogP contribution < -0.4 is 10.6 Å². The Balaban J connectivity index is 0.00000242. The van der Waals surface area contributed by atoms with Gasteiger partial charge in [0.15, 0.2) is 5.96 Å². The first kappa shape index (κ1) is 18.4. The summed E-state index contributed by atoms with van der Waals surface area (Å²) in [6.07, 6.45) is 0.826. The smallest absolute Gasteiger partial charge is 0.191 e. The first-order chi connectivity index (χ1) is 10.3. The van der Waals surface area contributed by atoms with Crippen LogP contribution in [-0.2, 0) is 13.0 Å². The minimum atomic E-state index is -0.202. The van der Waals surface area contributed by atoms with Crippen molar-refractivity contribution in [2.75, 3.05) is 13.6 Å². The van der Waals surface area contributed by atoms with Gasteiger partial charge in [0, 0.05) is 20.1 Å². The molecule has 0 saturated heterocycles. The van der Waals surface area contributed by atoms with Crippen LogP contribution in [0, 0.1) is 5.82 Å². The third-order valence-electron chi connectivity index (χ3n) is 3.15. The maximum atomic E-state index is 12.8. The summed E-state index contributed by atoms with van der Waals surface area (Å²) in [5.41, 5.74) is 2.31. The lowest BCUT2D eigenvalue weighted by Crippen LogP contribution is -2.37. The molecule has 0 spiro atoms. The van der Waals surface area contributed by atoms with Gasteiger partial charge in [-0.05, 0) is 29.7 Å². The minimum absolute atomic E-state index is 0. The van der Waals surface area contributed by atoms with Gasteiger partial charge >= 0.3 is 0 Å². The highest BCUT2D eigenvalue weighted by Crippen LogP contribution is 2.02. The molecular formula is C17H21FIN3. The van der Waals surface area contributed by atoms with Crippen molar-refractivity contribution in [2.24, 2.45) is 4.99 Å². The van der Waals surface area contributed by atoms with Crippen molar-refractivity contribution in [3.05, 3.63) is 71.5 Å². The number of nitrogens with one attached hydrogen (secondary N) is 2. The topological polar surface area (TPSA) is 36.4 Å². The van der Waals surface area contributed by atoms with Crippen LogP contribution in [0.4, 0.5) is 4.39 Å². The van der Waals surface area contributed by atoms with Crippen LogP contribution in [0.1, 0.15) is 11.1 Å². The molecule has 3 nitrogen and oxygen atoms in total. The van der Waals surface area contributed by atoms with Gasteiger partial charge in [-0.15, -0.1) is 24.0 Å². The summed E-state index contributed by atoms with van der Waals surface area (Å²) >= 11 is 0. The van der Waals surface area contributed by atoms with E-state index in [0.717, 1.165) is 31.0 Å². The molecule has 0 saturated carbocycles. The largest absolute Gasteiger partial charge is 0.356 e. The van der Waals surface area contributed by atoms with Crippen LogP contribution in [-0.4, -0.2) is 19.6 Å². The fourth-order valence-electron chi connectivity index (χ4n) is 1.98. The number of hydrogen-bond acceptors (Lipinski definition) is 1. The summed E-state index contributed by atoms with van der Waals surface area (Å²) in [4.78, 5) is 4.18. The molecule has 118 valence electrons. The number of rotatable bonds is 5. The average molecular weight is 413 g/mol. The summed E-state index contributed by atoms with van der Waals surface area (Å²) in [5, 5.41) is 6.51. The third kappa shape index (κ3) is 6.43. The van der Waals surface area contributed by atoms with Crippen molar-refractivity contribution >= 4 is 29.9 Å². The maximum absolute atomic E-state index is 12.8. The second kappa shape index (κ2) is 10.2. The molecule has 2 N–H and O–H groups in total. The van der Waals surface area contributed by atoms with E-state index in [2.05, 4.69) is 27.8 Å². The van der Waals surface area contributed by atoms with Crippen LogP contribution in [0.15, 0.2) is 59.6 Å². The molecule has 0 unspecified atom stereocenters. The van der Waals surface area contributed by atoms with Gasteiger partial charge in [-0.25, -0.2) is 4.39 Å². The fraction of sp³-hybridized carbons (Fsp3) is 0.235. The standard InChI is InChI=1S/C17H20FN3.HI/c1-19-17(21-13-15-5-3-2-4-6-15)20-12-11-14-7-9-16(18)10-8-14;/h2-10H,11-13H2,1H3,(H2,19,20,21);1H. The number of guanidine groups is 1. The molecule has 0 aliphatic rings. The second-order valence-electron chi connectivity index (χ2n) is 4.71. The number of hydrogen-bond donors (Lipinski definition) is 2. The Hall–Kier alpha value is -1.63. The molecule has 2 aromatic carbocycles. The number of halogens is 2. The zero-order valence-electron chi connectivity index (χ0n) is 12.6. The van der Waals surface area contributed by atoms with Crippen molar-refractivity contribution in [3.8, 4) is 0 Å². The van der Waals surface area contributed by atoms with Crippen molar-refractivity contribution in [2.45, 2.75) is 13.0 Å². The molecule has 2 rings (SSSR count). The molecule has 0 heterocycles. The van der Waals surface area contributed by atoms with E-state index in [1.807, 2.05) is 18.2 Å². The molecule has 0 atom stereocenters. The molecule has 0 aliphatic heterocycles. The van der Waals surface area contributed by atoms with Crippen molar-refractivity contribution in [3.63, 3.8) is 0 Å². The number of nitrogens with zero attached hydrogens (tertiary/aromatic N) is 1. The van der Waals surface area contributed by atoms with E-state index in [0.29, 0.717) is 0 Å². The van der Waals surface area contributed by atoms with E-state index >= 15 is 0 Å². The molecule has 0 radical (unpaired) electrons. The van der Waals surface area contributed by atoms with Gasteiger partial charge in [0.1, 0.15) is 5.82 Å². The zero-order chi connectivity index (χ0) is 14.9. The van der Waals surface area contributed by atoms with Gasteiger partial charge in [-0.3, -0.25) is 4.99 Å². The van der Waals surface area contributed by atoms with E-state index in [1.165, 1.54) is 17.7 Å². The molecule has 0 aromatic heterocycles. The highest BCUT2D eigenvalue weighted by molar-refractivity contribution is 14.0. The van der Waals surface area contributed by atoms with E-state index in [1.54, 1.807) is 19.2 Å². The molecule has 0 fully saturated rings. The quantitative estimate of drug-likeness (QED) is 0.448. The summed E-state index contributed by atoms with van der Waals surface area (Å²) in [7, 11) is 1.75. The molecule has 5 heteroatoms. The summed E-state index contributed by atoms with van der Waals surface area (Å²) < 4.78 is 12.8. The lowest BCUT2D eigenvalue weighted by molar-refractivity contribution is 0.626. The van der Waals surface area contributed by atoms with Crippen molar-refractivity contribution < 1.29 is 4.39 Å². The highest BCUT2D eigenvalue weighted by atomic mass is 127. The first-order valence-corrected chi connectivity index (χ1v) is 7.01. The Labute approximate surface area is 148 Å². The number of aliphatic imine (C=N–C) groups is 1. The molecule has 0 aliphatic carbocycles. The Morgan fingerprint density at radius 2 is 1.64 bits per heavy atom. The summed E-state index contributed by atoms with van der Waals surface area (Å²) in [5.74, 6) is 0.563. The Bertz CT molecular complexity index is 570.